The van der Waals surface area contributed by atoms with Crippen LogP contribution < -0.4 is 5.32 Å². The molecule has 1 aliphatic rings. The Balaban J connectivity index is 2.37. The largest absolute Gasteiger partial charge is 0.343 e. The average Bonchev–Trinajstić information content (AvgIpc) is 2.27. The normalized spacial score (nSPS) is 23.6. The van der Waals surface area contributed by atoms with E-state index in [2.05, 4.69) is 37.2 Å². The third kappa shape index (κ3) is 2.89. The Kier molecular flexibility index (Phi) is 4.01. The molecular formula is C11H10Br2N2O3. The molecule has 0 saturated carbocycles. The van der Waals surface area contributed by atoms with Gasteiger partial charge >= 0.3 is 0 Å². The van der Waals surface area contributed by atoms with Crippen LogP contribution in [-0.2, 0) is 4.79 Å². The van der Waals surface area contributed by atoms with Gasteiger partial charge in [0, 0.05) is 26.7 Å². The van der Waals surface area contributed by atoms with Gasteiger partial charge < -0.3 is 5.32 Å². The summed E-state index contributed by atoms with van der Waals surface area (Å²) in [5, 5.41) is 13.7. The Hall–Kier alpha value is -0.950. The predicted molar refractivity (Wildman–Crippen MR) is 72.7 cm³/mol. The molecule has 2 unspecified atom stereocenters. The molecular weight excluding hydrogens is 368 g/mol. The number of nitro groups is 1. The molecule has 1 aliphatic heterocycles. The van der Waals surface area contributed by atoms with Crippen molar-refractivity contribution in [1.29, 1.82) is 0 Å². The molecule has 2 atom stereocenters. The number of hydrogen-bond acceptors (Lipinski definition) is 3. The molecule has 1 amide bonds. The summed E-state index contributed by atoms with van der Waals surface area (Å²) in [6, 6.07) is 4.07. The van der Waals surface area contributed by atoms with Crippen LogP contribution in [0, 0.1) is 10.1 Å². The number of benzene rings is 1. The Labute approximate surface area is 120 Å². The van der Waals surface area contributed by atoms with Gasteiger partial charge in [-0.25, -0.2) is 0 Å². The Morgan fingerprint density at radius 1 is 1.28 bits per heavy atom. The van der Waals surface area contributed by atoms with Gasteiger partial charge in [0.1, 0.15) is 6.04 Å². The first kappa shape index (κ1) is 13.5. The molecule has 7 heteroatoms. The Bertz CT molecular complexity index is 487. The fourth-order valence-electron chi connectivity index (χ4n) is 2.07. The van der Waals surface area contributed by atoms with E-state index in [1.807, 2.05) is 6.07 Å². The SMILES string of the molecule is O=C1CCC([N+](=O)[O-])C(c2cc(Br)cc(Br)c2)N1. The topological polar surface area (TPSA) is 72.2 Å². The summed E-state index contributed by atoms with van der Waals surface area (Å²) in [6.45, 7) is 0. The first-order chi connectivity index (χ1) is 8.47. The van der Waals surface area contributed by atoms with Crippen molar-refractivity contribution in [3.8, 4) is 0 Å². The number of hydrogen-bond donors (Lipinski definition) is 1. The van der Waals surface area contributed by atoms with Crippen LogP contribution in [0.5, 0.6) is 0 Å². The van der Waals surface area contributed by atoms with Gasteiger partial charge in [-0.1, -0.05) is 31.9 Å². The second-order valence-corrected chi connectivity index (χ2v) is 5.97. The summed E-state index contributed by atoms with van der Waals surface area (Å²) >= 11 is 6.68. The second-order valence-electron chi connectivity index (χ2n) is 4.14. The lowest BCUT2D eigenvalue weighted by atomic mass is 9.92. The van der Waals surface area contributed by atoms with Crippen molar-refractivity contribution < 1.29 is 9.72 Å². The van der Waals surface area contributed by atoms with Crippen molar-refractivity contribution in [3.63, 3.8) is 0 Å². The number of nitrogens with zero attached hydrogens (tertiary/aromatic N) is 1. The van der Waals surface area contributed by atoms with Gasteiger partial charge in [0.15, 0.2) is 0 Å². The van der Waals surface area contributed by atoms with Crippen LogP contribution in [-0.4, -0.2) is 16.9 Å². The summed E-state index contributed by atoms with van der Waals surface area (Å²) < 4.78 is 1.63. The molecule has 18 heavy (non-hydrogen) atoms. The van der Waals surface area contributed by atoms with Gasteiger partial charge in [0.05, 0.1) is 0 Å². The smallest absolute Gasteiger partial charge is 0.237 e. The van der Waals surface area contributed by atoms with Gasteiger partial charge in [-0.05, 0) is 23.8 Å². The number of piperidine rings is 1. The fraction of sp³-hybridized carbons (Fsp3) is 0.364. The molecule has 0 radical (unpaired) electrons. The lowest BCUT2D eigenvalue weighted by molar-refractivity contribution is -0.529. The van der Waals surface area contributed by atoms with E-state index in [4.69, 9.17) is 0 Å². The van der Waals surface area contributed by atoms with Crippen LogP contribution >= 0.6 is 31.9 Å². The molecule has 1 fully saturated rings. The number of halogens is 2. The molecule has 1 aromatic carbocycles. The summed E-state index contributed by atoms with van der Waals surface area (Å²) in [5.41, 5.74) is 0.728. The van der Waals surface area contributed by atoms with Gasteiger partial charge in [-0.15, -0.1) is 0 Å². The maximum absolute atomic E-state index is 11.4. The highest BCUT2D eigenvalue weighted by Crippen LogP contribution is 2.30. The summed E-state index contributed by atoms with van der Waals surface area (Å²) in [7, 11) is 0. The zero-order valence-corrected chi connectivity index (χ0v) is 12.4. The molecule has 1 heterocycles. The number of carbonyl (C=O) groups is 1. The third-order valence-electron chi connectivity index (χ3n) is 2.88. The highest BCUT2D eigenvalue weighted by Gasteiger charge is 2.38. The Morgan fingerprint density at radius 3 is 2.44 bits per heavy atom. The highest BCUT2D eigenvalue weighted by molar-refractivity contribution is 9.11. The zero-order valence-electron chi connectivity index (χ0n) is 9.23. The van der Waals surface area contributed by atoms with E-state index in [1.165, 1.54) is 0 Å². The van der Waals surface area contributed by atoms with Crippen LogP contribution in [0.4, 0.5) is 0 Å². The lowest BCUT2D eigenvalue weighted by Crippen LogP contribution is -2.45. The Morgan fingerprint density at radius 2 is 1.89 bits per heavy atom. The van der Waals surface area contributed by atoms with E-state index in [1.54, 1.807) is 12.1 Å². The van der Waals surface area contributed by atoms with E-state index >= 15 is 0 Å². The minimum absolute atomic E-state index is 0.144. The summed E-state index contributed by atoms with van der Waals surface area (Å²) in [6.07, 6.45) is 0.477. The number of nitrogens with one attached hydrogen (secondary N) is 1. The first-order valence-corrected chi connectivity index (χ1v) is 6.95. The molecule has 0 aromatic heterocycles. The van der Waals surface area contributed by atoms with E-state index in [-0.39, 0.29) is 23.7 Å². The number of rotatable bonds is 2. The molecule has 0 bridgehead atoms. The minimum Gasteiger partial charge on any atom is -0.343 e. The molecule has 5 nitrogen and oxygen atoms in total. The molecule has 1 saturated heterocycles. The minimum atomic E-state index is -0.774. The van der Waals surface area contributed by atoms with E-state index < -0.39 is 12.1 Å². The van der Waals surface area contributed by atoms with E-state index in [9.17, 15) is 14.9 Å². The number of amides is 1. The maximum atomic E-state index is 11.4. The average molecular weight is 378 g/mol. The fourth-order valence-corrected chi connectivity index (χ4v) is 3.40. The standard InChI is InChI=1S/C11H10Br2N2O3/c12-7-3-6(4-8(13)5-7)11-9(15(17)18)1-2-10(16)14-11/h3-5,9,11H,1-2H2,(H,14,16). The molecule has 1 N–H and O–H groups in total. The monoisotopic (exact) mass is 376 g/mol. The van der Waals surface area contributed by atoms with Crippen molar-refractivity contribution in [2.45, 2.75) is 24.9 Å². The third-order valence-corrected chi connectivity index (χ3v) is 3.80. The maximum Gasteiger partial charge on any atom is 0.237 e. The first-order valence-electron chi connectivity index (χ1n) is 5.36. The molecule has 0 aliphatic carbocycles. The molecule has 2 rings (SSSR count). The van der Waals surface area contributed by atoms with Crippen molar-refractivity contribution in [2.75, 3.05) is 0 Å². The van der Waals surface area contributed by atoms with Crippen molar-refractivity contribution in [3.05, 3.63) is 42.8 Å². The van der Waals surface area contributed by atoms with E-state index in [0.29, 0.717) is 0 Å². The van der Waals surface area contributed by atoms with Crippen LogP contribution in [0.3, 0.4) is 0 Å². The highest BCUT2D eigenvalue weighted by atomic mass is 79.9. The van der Waals surface area contributed by atoms with Crippen LogP contribution in [0.25, 0.3) is 0 Å². The van der Waals surface area contributed by atoms with Crippen LogP contribution in [0.1, 0.15) is 24.4 Å². The summed E-state index contributed by atoms with van der Waals surface area (Å²) in [4.78, 5) is 22.2. The van der Waals surface area contributed by atoms with Crippen molar-refractivity contribution >= 4 is 37.8 Å². The van der Waals surface area contributed by atoms with Gasteiger partial charge in [0.2, 0.25) is 11.9 Å². The van der Waals surface area contributed by atoms with Crippen LogP contribution in [0.2, 0.25) is 0 Å². The van der Waals surface area contributed by atoms with E-state index in [0.717, 1.165) is 14.5 Å². The van der Waals surface area contributed by atoms with Crippen molar-refractivity contribution in [1.82, 2.24) is 5.32 Å². The zero-order chi connectivity index (χ0) is 13.3. The van der Waals surface area contributed by atoms with Gasteiger partial charge in [0.25, 0.3) is 0 Å². The van der Waals surface area contributed by atoms with Crippen molar-refractivity contribution in [2.24, 2.45) is 0 Å². The summed E-state index contributed by atoms with van der Waals surface area (Å²) in [5.74, 6) is -0.144. The lowest BCUT2D eigenvalue weighted by Gasteiger charge is -2.27. The van der Waals surface area contributed by atoms with Crippen LogP contribution in [0.15, 0.2) is 27.1 Å². The molecule has 96 valence electrons. The quantitative estimate of drug-likeness (QED) is 0.636. The van der Waals surface area contributed by atoms with Gasteiger partial charge in [-0.3, -0.25) is 14.9 Å². The molecule has 1 aromatic rings. The van der Waals surface area contributed by atoms with Gasteiger partial charge in [-0.2, -0.15) is 0 Å². The second kappa shape index (κ2) is 5.36. The predicted octanol–water partition coefficient (Wildman–Crippen LogP) is 2.81. The number of carbonyl (C=O) groups excluding carboxylic acids is 1. The molecule has 0 spiro atoms.